The van der Waals surface area contributed by atoms with E-state index in [1.807, 2.05) is 30.3 Å². The minimum Gasteiger partial charge on any atom is -0.493 e. The van der Waals surface area contributed by atoms with Crippen LogP contribution in [0, 0.1) is 0 Å². The predicted molar refractivity (Wildman–Crippen MR) is 119 cm³/mol. The van der Waals surface area contributed by atoms with Gasteiger partial charge in [0.05, 0.1) is 40.6 Å². The average molecular weight is 429 g/mol. The molecule has 1 atom stereocenters. The molecule has 1 heterocycles. The third-order valence-corrected chi connectivity index (χ3v) is 5.53. The normalized spacial score (nSPS) is 15.2. The molecule has 0 radical (unpaired) electrons. The van der Waals surface area contributed by atoms with E-state index in [1.54, 1.807) is 21.3 Å². The number of benzene rings is 2. The van der Waals surface area contributed by atoms with Crippen LogP contribution in [0.1, 0.15) is 23.6 Å². The van der Waals surface area contributed by atoms with Crippen LogP contribution in [-0.2, 0) is 16.0 Å². The Morgan fingerprint density at radius 1 is 1.03 bits per heavy atom. The number of ether oxygens (including phenoxy) is 4. The van der Waals surface area contributed by atoms with Gasteiger partial charge in [0.2, 0.25) is 11.7 Å². The van der Waals surface area contributed by atoms with Crippen molar-refractivity contribution in [1.29, 1.82) is 0 Å². The topological polar surface area (TPSA) is 69.3 Å². The van der Waals surface area contributed by atoms with Crippen molar-refractivity contribution in [3.8, 4) is 17.2 Å². The first-order valence-electron chi connectivity index (χ1n) is 10.6. The molecule has 0 aliphatic carbocycles. The number of nitrogens with zero attached hydrogens (tertiary/aromatic N) is 1. The monoisotopic (exact) mass is 428 g/mol. The van der Waals surface area contributed by atoms with Gasteiger partial charge in [-0.05, 0) is 29.7 Å². The van der Waals surface area contributed by atoms with Crippen molar-refractivity contribution >= 4 is 5.91 Å². The molecule has 31 heavy (non-hydrogen) atoms. The summed E-state index contributed by atoms with van der Waals surface area (Å²) in [7, 11) is 4.75. The number of rotatable bonds is 10. The molecule has 1 N–H and O–H groups in total. The molecular formula is C24H32N2O5. The summed E-state index contributed by atoms with van der Waals surface area (Å²) in [6.07, 6.45) is 0.958. The highest BCUT2D eigenvalue weighted by Gasteiger charge is 2.23. The van der Waals surface area contributed by atoms with E-state index < -0.39 is 0 Å². The molecule has 1 aliphatic rings. The van der Waals surface area contributed by atoms with Gasteiger partial charge in [-0.15, -0.1) is 0 Å². The number of methoxy groups -OCH3 is 3. The average Bonchev–Trinajstić information content (AvgIpc) is 2.83. The molecule has 0 unspecified atom stereocenters. The molecule has 0 bridgehead atoms. The van der Waals surface area contributed by atoms with Crippen molar-refractivity contribution in [3.63, 3.8) is 0 Å². The number of amides is 1. The number of carbonyl (C=O) groups excluding carboxylic acids is 1. The summed E-state index contributed by atoms with van der Waals surface area (Å²) >= 11 is 0. The van der Waals surface area contributed by atoms with E-state index in [1.165, 1.54) is 5.56 Å². The van der Waals surface area contributed by atoms with Gasteiger partial charge in [0, 0.05) is 26.1 Å². The summed E-state index contributed by atoms with van der Waals surface area (Å²) in [6.45, 7) is 3.73. The van der Waals surface area contributed by atoms with Crippen LogP contribution in [0.5, 0.6) is 17.2 Å². The minimum absolute atomic E-state index is 0.0166. The van der Waals surface area contributed by atoms with Crippen molar-refractivity contribution in [2.24, 2.45) is 0 Å². The lowest BCUT2D eigenvalue weighted by Gasteiger charge is -2.35. The summed E-state index contributed by atoms with van der Waals surface area (Å²) < 4.78 is 21.7. The zero-order valence-electron chi connectivity index (χ0n) is 18.6. The van der Waals surface area contributed by atoms with Gasteiger partial charge in [-0.2, -0.15) is 0 Å². The predicted octanol–water partition coefficient (Wildman–Crippen LogP) is 2.83. The van der Waals surface area contributed by atoms with Gasteiger partial charge in [0.25, 0.3) is 0 Å². The molecule has 3 rings (SSSR count). The molecule has 168 valence electrons. The van der Waals surface area contributed by atoms with Crippen molar-refractivity contribution in [2.45, 2.75) is 18.9 Å². The molecule has 2 aromatic carbocycles. The Balaban J connectivity index is 1.60. The minimum atomic E-state index is 0.0166. The zero-order chi connectivity index (χ0) is 22.1. The zero-order valence-corrected chi connectivity index (χ0v) is 18.6. The highest BCUT2D eigenvalue weighted by molar-refractivity contribution is 5.76. The molecule has 2 aromatic rings. The maximum Gasteiger partial charge on any atom is 0.220 e. The fraction of sp³-hybridized carbons (Fsp3) is 0.458. The Labute approximate surface area is 184 Å². The quantitative estimate of drug-likeness (QED) is 0.628. The smallest absolute Gasteiger partial charge is 0.220 e. The second-order valence-electron chi connectivity index (χ2n) is 7.41. The molecular weight excluding hydrogens is 396 g/mol. The number of carbonyl (C=O) groups is 1. The SMILES string of the molecule is COc1cc(CCC(=O)NC[C@H](c2ccccc2)N2CCOCC2)cc(OC)c1OC. The van der Waals surface area contributed by atoms with Crippen LogP contribution in [0.3, 0.4) is 0 Å². The molecule has 0 aromatic heterocycles. The van der Waals surface area contributed by atoms with Gasteiger partial charge in [-0.3, -0.25) is 9.69 Å². The van der Waals surface area contributed by atoms with Crippen LogP contribution < -0.4 is 19.5 Å². The lowest BCUT2D eigenvalue weighted by Crippen LogP contribution is -2.43. The van der Waals surface area contributed by atoms with E-state index in [0.29, 0.717) is 36.6 Å². The number of morpholine rings is 1. The van der Waals surface area contributed by atoms with Crippen LogP contribution in [0.4, 0.5) is 0 Å². The van der Waals surface area contributed by atoms with Crippen molar-refractivity contribution in [2.75, 3.05) is 54.2 Å². The van der Waals surface area contributed by atoms with E-state index in [-0.39, 0.29) is 11.9 Å². The summed E-state index contributed by atoms with van der Waals surface area (Å²) in [5.74, 6) is 1.75. The van der Waals surface area contributed by atoms with Crippen LogP contribution >= 0.6 is 0 Å². The highest BCUT2D eigenvalue weighted by Crippen LogP contribution is 2.38. The largest absolute Gasteiger partial charge is 0.493 e. The van der Waals surface area contributed by atoms with Gasteiger partial charge in [-0.25, -0.2) is 0 Å². The van der Waals surface area contributed by atoms with Crippen LogP contribution in [-0.4, -0.2) is 65.0 Å². The highest BCUT2D eigenvalue weighted by atomic mass is 16.5. The number of hydrogen-bond acceptors (Lipinski definition) is 6. The third kappa shape index (κ3) is 6.12. The lowest BCUT2D eigenvalue weighted by molar-refractivity contribution is -0.121. The van der Waals surface area contributed by atoms with Crippen molar-refractivity contribution < 1.29 is 23.7 Å². The Kier molecular flexibility index (Phi) is 8.55. The Morgan fingerprint density at radius 3 is 2.26 bits per heavy atom. The van der Waals surface area contributed by atoms with Crippen LogP contribution in [0.25, 0.3) is 0 Å². The van der Waals surface area contributed by atoms with Gasteiger partial charge in [-0.1, -0.05) is 30.3 Å². The standard InChI is InChI=1S/C24H32N2O5/c1-28-21-15-18(16-22(29-2)24(21)30-3)9-10-23(27)25-17-20(19-7-5-4-6-8-19)26-11-13-31-14-12-26/h4-8,15-16,20H,9-14,17H2,1-3H3,(H,25,27)/t20-/m1/s1. The van der Waals surface area contributed by atoms with E-state index in [9.17, 15) is 4.79 Å². The third-order valence-electron chi connectivity index (χ3n) is 5.53. The van der Waals surface area contributed by atoms with E-state index in [2.05, 4.69) is 22.3 Å². The van der Waals surface area contributed by atoms with E-state index in [4.69, 9.17) is 18.9 Å². The first-order valence-corrected chi connectivity index (χ1v) is 10.6. The molecule has 1 amide bonds. The summed E-state index contributed by atoms with van der Waals surface area (Å²) in [4.78, 5) is 15.0. The first kappa shape index (κ1) is 22.9. The molecule has 0 saturated carbocycles. The molecule has 7 heteroatoms. The molecule has 1 aliphatic heterocycles. The molecule has 1 saturated heterocycles. The van der Waals surface area contributed by atoms with Crippen LogP contribution in [0.2, 0.25) is 0 Å². The Bertz CT molecular complexity index is 812. The first-order chi connectivity index (χ1) is 15.2. The van der Waals surface area contributed by atoms with Gasteiger partial charge in [0.1, 0.15) is 0 Å². The van der Waals surface area contributed by atoms with Gasteiger partial charge < -0.3 is 24.3 Å². The van der Waals surface area contributed by atoms with Gasteiger partial charge >= 0.3 is 0 Å². The number of nitrogens with one attached hydrogen (secondary N) is 1. The Morgan fingerprint density at radius 2 is 1.68 bits per heavy atom. The van der Waals surface area contributed by atoms with E-state index >= 15 is 0 Å². The lowest BCUT2D eigenvalue weighted by atomic mass is 10.0. The van der Waals surface area contributed by atoms with Crippen molar-refractivity contribution in [1.82, 2.24) is 10.2 Å². The number of hydrogen-bond donors (Lipinski definition) is 1. The molecule has 7 nitrogen and oxygen atoms in total. The summed E-state index contributed by atoms with van der Waals surface area (Å²) in [5.41, 5.74) is 2.16. The fourth-order valence-corrected chi connectivity index (χ4v) is 3.86. The second-order valence-corrected chi connectivity index (χ2v) is 7.41. The molecule has 1 fully saturated rings. The Hall–Kier alpha value is -2.77. The maximum absolute atomic E-state index is 12.6. The number of aryl methyl sites for hydroxylation is 1. The second kappa shape index (κ2) is 11.6. The van der Waals surface area contributed by atoms with Crippen molar-refractivity contribution in [3.05, 3.63) is 53.6 Å². The summed E-state index contributed by atoms with van der Waals surface area (Å²) in [6, 6.07) is 14.2. The fourth-order valence-electron chi connectivity index (χ4n) is 3.86. The maximum atomic E-state index is 12.6. The van der Waals surface area contributed by atoms with Gasteiger partial charge in [0.15, 0.2) is 11.5 Å². The van der Waals surface area contributed by atoms with Crippen LogP contribution in [0.15, 0.2) is 42.5 Å². The summed E-state index contributed by atoms with van der Waals surface area (Å²) in [5, 5.41) is 3.12. The van der Waals surface area contributed by atoms with E-state index in [0.717, 1.165) is 31.9 Å². The molecule has 0 spiro atoms.